The Labute approximate surface area is 204 Å². The molecule has 1 saturated heterocycles. The highest BCUT2D eigenvalue weighted by atomic mass is 32.2. The summed E-state index contributed by atoms with van der Waals surface area (Å²) in [4.78, 5) is 48.9. The lowest BCUT2D eigenvalue weighted by Crippen LogP contribution is -2.54. The number of barbiturate groups is 1. The van der Waals surface area contributed by atoms with Crippen molar-refractivity contribution in [2.45, 2.75) is 11.8 Å². The van der Waals surface area contributed by atoms with Crippen molar-refractivity contribution in [1.82, 2.24) is 5.32 Å². The molecule has 4 amide bonds. The normalized spacial score (nSPS) is 15.1. The fourth-order valence-corrected chi connectivity index (χ4v) is 4.29. The molecule has 11 nitrogen and oxygen atoms in total. The van der Waals surface area contributed by atoms with Gasteiger partial charge >= 0.3 is 16.1 Å². The molecule has 0 atom stereocenters. The van der Waals surface area contributed by atoms with Gasteiger partial charge in [0.05, 0.1) is 10.6 Å². The molecule has 36 heavy (non-hydrogen) atoms. The van der Waals surface area contributed by atoms with Crippen molar-refractivity contribution in [3.8, 4) is 5.75 Å². The number of anilines is 1. The molecule has 0 bridgehead atoms. The van der Waals surface area contributed by atoms with Crippen molar-refractivity contribution < 1.29 is 31.9 Å². The molecule has 1 N–H and O–H groups in total. The van der Waals surface area contributed by atoms with Gasteiger partial charge in [0.1, 0.15) is 16.2 Å². The Bertz CT molecular complexity index is 1550. The molecule has 3 aromatic rings. The highest BCUT2D eigenvalue weighted by Crippen LogP contribution is 2.29. The molecule has 1 aliphatic rings. The maximum absolute atomic E-state index is 13.1. The monoisotopic (exact) mass is 507 g/mol. The fraction of sp³-hybridized carbons (Fsp3) is 0.0417. The number of urea groups is 1. The van der Waals surface area contributed by atoms with Gasteiger partial charge in [0.25, 0.3) is 17.5 Å². The average Bonchev–Trinajstić information content (AvgIpc) is 2.83. The van der Waals surface area contributed by atoms with E-state index in [1.54, 1.807) is 19.1 Å². The van der Waals surface area contributed by atoms with Crippen LogP contribution in [0.5, 0.6) is 5.75 Å². The SMILES string of the molecule is Cc1ccc(S(=O)(=O)Oc2ccccc2/C=C2\C(=O)NC(=O)N(c3cccc([N+](=O)[O-])c3)C2=O)cc1. The average molecular weight is 507 g/mol. The van der Waals surface area contributed by atoms with E-state index in [9.17, 15) is 32.9 Å². The van der Waals surface area contributed by atoms with Crippen LogP contribution in [0.25, 0.3) is 6.08 Å². The Morgan fingerprint density at radius 3 is 2.36 bits per heavy atom. The summed E-state index contributed by atoms with van der Waals surface area (Å²) in [6.07, 6.45) is 1.08. The van der Waals surface area contributed by atoms with E-state index in [-0.39, 0.29) is 27.6 Å². The smallest absolute Gasteiger partial charge is 0.339 e. The lowest BCUT2D eigenvalue weighted by Gasteiger charge is -2.26. The maximum atomic E-state index is 13.1. The number of para-hydroxylation sites is 1. The lowest BCUT2D eigenvalue weighted by molar-refractivity contribution is -0.384. The van der Waals surface area contributed by atoms with Crippen molar-refractivity contribution in [2.75, 3.05) is 4.90 Å². The Morgan fingerprint density at radius 1 is 0.972 bits per heavy atom. The number of rotatable bonds is 6. The van der Waals surface area contributed by atoms with Gasteiger partial charge in [0, 0.05) is 17.7 Å². The minimum atomic E-state index is -4.24. The number of hydrogen-bond donors (Lipinski definition) is 1. The van der Waals surface area contributed by atoms with Gasteiger partial charge in [-0.15, -0.1) is 0 Å². The highest BCUT2D eigenvalue weighted by Gasteiger charge is 2.37. The molecular formula is C24H17N3O8S. The van der Waals surface area contributed by atoms with E-state index in [0.717, 1.165) is 17.7 Å². The molecule has 182 valence electrons. The van der Waals surface area contributed by atoms with Crippen molar-refractivity contribution >= 4 is 45.4 Å². The zero-order valence-electron chi connectivity index (χ0n) is 18.6. The quantitative estimate of drug-likeness (QED) is 0.175. The third kappa shape index (κ3) is 4.83. The van der Waals surface area contributed by atoms with Gasteiger partial charge < -0.3 is 4.18 Å². The minimum absolute atomic E-state index is 0.0695. The molecule has 1 aliphatic heterocycles. The fourth-order valence-electron chi connectivity index (χ4n) is 3.34. The number of nitro benzene ring substituents is 1. The number of nitro groups is 1. The summed E-state index contributed by atoms with van der Waals surface area (Å²) in [6.45, 7) is 1.80. The molecule has 1 heterocycles. The van der Waals surface area contributed by atoms with Crippen LogP contribution in [0.4, 0.5) is 16.2 Å². The molecule has 0 unspecified atom stereocenters. The number of benzene rings is 3. The molecule has 0 radical (unpaired) electrons. The predicted molar refractivity (Wildman–Crippen MR) is 128 cm³/mol. The first-order valence-electron chi connectivity index (χ1n) is 10.3. The van der Waals surface area contributed by atoms with Crippen LogP contribution in [0.15, 0.2) is 83.3 Å². The van der Waals surface area contributed by atoms with Gasteiger partial charge in [-0.1, -0.05) is 42.0 Å². The van der Waals surface area contributed by atoms with Crippen LogP contribution in [0.1, 0.15) is 11.1 Å². The summed E-state index contributed by atoms with van der Waals surface area (Å²) in [5, 5.41) is 13.1. The van der Waals surface area contributed by atoms with Crippen molar-refractivity contribution in [1.29, 1.82) is 0 Å². The maximum Gasteiger partial charge on any atom is 0.339 e. The van der Waals surface area contributed by atoms with Crippen molar-refractivity contribution in [3.63, 3.8) is 0 Å². The number of carbonyl (C=O) groups is 3. The second kappa shape index (κ2) is 9.43. The largest absolute Gasteiger partial charge is 0.378 e. The lowest BCUT2D eigenvalue weighted by atomic mass is 10.1. The van der Waals surface area contributed by atoms with Crippen LogP contribution >= 0.6 is 0 Å². The second-order valence-corrected chi connectivity index (χ2v) is 9.17. The van der Waals surface area contributed by atoms with Crippen molar-refractivity contribution in [3.05, 3.63) is 99.6 Å². The molecule has 0 aromatic heterocycles. The van der Waals surface area contributed by atoms with E-state index in [1.807, 2.05) is 5.32 Å². The second-order valence-electron chi connectivity index (χ2n) is 7.62. The number of aryl methyl sites for hydroxylation is 1. The summed E-state index contributed by atoms with van der Waals surface area (Å²) in [5.74, 6) is -2.24. The predicted octanol–water partition coefficient (Wildman–Crippen LogP) is 3.34. The van der Waals surface area contributed by atoms with Crippen LogP contribution in [0.3, 0.4) is 0 Å². The van der Waals surface area contributed by atoms with Gasteiger partial charge in [-0.05, 0) is 37.3 Å². The Balaban J connectivity index is 1.71. The Hall–Kier alpha value is -4.84. The van der Waals surface area contributed by atoms with Gasteiger partial charge in [0.15, 0.2) is 0 Å². The highest BCUT2D eigenvalue weighted by molar-refractivity contribution is 7.87. The van der Waals surface area contributed by atoms with Crippen LogP contribution < -0.4 is 14.4 Å². The van der Waals surface area contributed by atoms with Crippen molar-refractivity contribution in [2.24, 2.45) is 0 Å². The molecule has 3 aromatic carbocycles. The molecular weight excluding hydrogens is 490 g/mol. The number of non-ortho nitro benzene ring substituents is 1. The standard InChI is InChI=1S/C24H17N3O8S/c1-15-9-11-19(12-10-15)36(33,34)35-21-8-3-2-5-16(21)13-20-22(28)25-24(30)26(23(20)29)17-6-4-7-18(14-17)27(31)32/h2-14H,1H3,(H,25,28,30)/b20-13+. The number of nitrogens with zero attached hydrogens (tertiary/aromatic N) is 2. The Kier molecular flexibility index (Phi) is 6.36. The third-order valence-corrected chi connectivity index (χ3v) is 6.38. The van der Waals surface area contributed by atoms with E-state index >= 15 is 0 Å². The molecule has 12 heteroatoms. The molecule has 0 saturated carbocycles. The van der Waals surface area contributed by atoms with Gasteiger partial charge in [-0.2, -0.15) is 8.42 Å². The van der Waals surface area contributed by atoms with Crippen LogP contribution in [0, 0.1) is 17.0 Å². The number of imide groups is 2. The van der Waals surface area contributed by atoms with Gasteiger partial charge in [-0.25, -0.2) is 9.69 Å². The van der Waals surface area contributed by atoms with Crippen LogP contribution in [-0.4, -0.2) is 31.2 Å². The Morgan fingerprint density at radius 2 is 1.67 bits per heavy atom. The number of amides is 4. The third-order valence-electron chi connectivity index (χ3n) is 5.13. The molecule has 0 aliphatic carbocycles. The number of carbonyl (C=O) groups excluding carboxylic acids is 3. The molecule has 1 fully saturated rings. The zero-order valence-corrected chi connectivity index (χ0v) is 19.4. The number of hydrogen-bond acceptors (Lipinski definition) is 8. The first-order chi connectivity index (χ1) is 17.1. The summed E-state index contributed by atoms with van der Waals surface area (Å²) in [6, 6.07) is 15.5. The van der Waals surface area contributed by atoms with Gasteiger partial charge in [0.2, 0.25) is 0 Å². The van der Waals surface area contributed by atoms with E-state index in [1.165, 1.54) is 54.6 Å². The molecule has 0 spiro atoms. The summed E-state index contributed by atoms with van der Waals surface area (Å²) >= 11 is 0. The van der Waals surface area contributed by atoms with E-state index in [4.69, 9.17) is 4.18 Å². The minimum Gasteiger partial charge on any atom is -0.378 e. The zero-order chi connectivity index (χ0) is 26.0. The summed E-state index contributed by atoms with van der Waals surface area (Å²) in [5.41, 5.74) is -0.0826. The van der Waals surface area contributed by atoms with Crippen LogP contribution in [-0.2, 0) is 19.7 Å². The number of nitrogens with one attached hydrogen (secondary N) is 1. The summed E-state index contributed by atoms with van der Waals surface area (Å²) in [7, 11) is -4.24. The van der Waals surface area contributed by atoms with Crippen LogP contribution in [0.2, 0.25) is 0 Å². The van der Waals surface area contributed by atoms with E-state index in [0.29, 0.717) is 4.90 Å². The van der Waals surface area contributed by atoms with E-state index in [2.05, 4.69) is 0 Å². The summed E-state index contributed by atoms with van der Waals surface area (Å²) < 4.78 is 30.8. The van der Waals surface area contributed by atoms with E-state index < -0.39 is 38.5 Å². The molecule has 4 rings (SSSR count). The first kappa shape index (κ1) is 24.3. The van der Waals surface area contributed by atoms with Gasteiger partial charge in [-0.3, -0.25) is 25.0 Å². The first-order valence-corrected chi connectivity index (χ1v) is 11.7. The topological polar surface area (TPSA) is 153 Å².